The summed E-state index contributed by atoms with van der Waals surface area (Å²) in [7, 11) is 0. The minimum absolute atomic E-state index is 0.0451. The number of nitrogens with one attached hydrogen (secondary N) is 1. The van der Waals surface area contributed by atoms with E-state index in [1.807, 2.05) is 30.3 Å². The van der Waals surface area contributed by atoms with Crippen LogP contribution in [0.4, 0.5) is 0 Å². The molecule has 37 heavy (non-hydrogen) atoms. The third-order valence-electron chi connectivity index (χ3n) is 7.56. The zero-order valence-corrected chi connectivity index (χ0v) is 23.4. The molecule has 0 bridgehead atoms. The third kappa shape index (κ3) is 7.26. The van der Waals surface area contributed by atoms with Crippen LogP contribution < -0.4 is 5.32 Å². The Kier molecular flexibility index (Phi) is 9.87. The van der Waals surface area contributed by atoms with Gasteiger partial charge in [-0.05, 0) is 75.2 Å². The average molecular weight is 520 g/mol. The van der Waals surface area contributed by atoms with Gasteiger partial charge in [0.2, 0.25) is 0 Å². The second kappa shape index (κ2) is 13.3. The molecule has 2 atom stereocenters. The number of amides is 2. The van der Waals surface area contributed by atoms with Crippen molar-refractivity contribution in [1.29, 1.82) is 0 Å². The molecule has 1 saturated heterocycles. The van der Waals surface area contributed by atoms with Crippen molar-refractivity contribution in [2.75, 3.05) is 26.2 Å². The Morgan fingerprint density at radius 3 is 2.59 bits per heavy atom. The molecular weight excluding hydrogens is 478 g/mol. The van der Waals surface area contributed by atoms with Gasteiger partial charge in [-0.3, -0.25) is 9.59 Å². The van der Waals surface area contributed by atoms with Crippen molar-refractivity contribution in [2.24, 2.45) is 0 Å². The predicted molar refractivity (Wildman–Crippen MR) is 155 cm³/mol. The van der Waals surface area contributed by atoms with Crippen LogP contribution in [0.2, 0.25) is 0 Å². The van der Waals surface area contributed by atoms with Gasteiger partial charge in [-0.2, -0.15) is 0 Å². The molecule has 1 aliphatic carbocycles. The van der Waals surface area contributed by atoms with E-state index in [9.17, 15) is 9.59 Å². The molecule has 0 aromatic heterocycles. The first kappa shape index (κ1) is 27.5. The van der Waals surface area contributed by atoms with Gasteiger partial charge in [0.15, 0.2) is 0 Å². The Labute approximate surface area is 226 Å². The van der Waals surface area contributed by atoms with Gasteiger partial charge in [-0.1, -0.05) is 68.7 Å². The second-order valence-electron chi connectivity index (χ2n) is 10.2. The number of thioether (sulfide) groups is 1. The van der Waals surface area contributed by atoms with Crippen LogP contribution in [0.5, 0.6) is 0 Å². The lowest BCUT2D eigenvalue weighted by Crippen LogP contribution is -2.50. The van der Waals surface area contributed by atoms with E-state index in [0.717, 1.165) is 49.4 Å². The quantitative estimate of drug-likeness (QED) is 0.314. The maximum absolute atomic E-state index is 13.7. The van der Waals surface area contributed by atoms with E-state index in [4.69, 9.17) is 0 Å². The van der Waals surface area contributed by atoms with Gasteiger partial charge >= 0.3 is 0 Å². The zero-order valence-electron chi connectivity index (χ0n) is 22.5. The number of rotatable bonds is 10. The van der Waals surface area contributed by atoms with E-state index in [-0.39, 0.29) is 11.8 Å². The van der Waals surface area contributed by atoms with Crippen LogP contribution in [0.3, 0.4) is 0 Å². The minimum atomic E-state index is -0.0451. The van der Waals surface area contributed by atoms with E-state index in [1.54, 1.807) is 11.8 Å². The number of hydrogen-bond acceptors (Lipinski definition) is 4. The lowest BCUT2D eigenvalue weighted by Gasteiger charge is -2.44. The minimum Gasteiger partial charge on any atom is -0.352 e. The molecule has 2 aromatic carbocycles. The van der Waals surface area contributed by atoms with Gasteiger partial charge in [-0.15, -0.1) is 11.8 Å². The fraction of sp³-hybridized carbons (Fsp3) is 0.484. The largest absolute Gasteiger partial charge is 0.352 e. The molecule has 2 aromatic rings. The maximum Gasteiger partial charge on any atom is 0.260 e. The van der Waals surface area contributed by atoms with Crippen LogP contribution in [-0.2, 0) is 11.3 Å². The Balaban J connectivity index is 1.42. The summed E-state index contributed by atoms with van der Waals surface area (Å²) in [6.45, 7) is 10.8. The molecule has 2 fully saturated rings. The smallest absolute Gasteiger partial charge is 0.260 e. The fourth-order valence-electron chi connectivity index (χ4n) is 5.40. The highest BCUT2D eigenvalue weighted by atomic mass is 32.2. The van der Waals surface area contributed by atoms with E-state index in [1.165, 1.54) is 24.0 Å². The van der Waals surface area contributed by atoms with Crippen molar-refractivity contribution >= 4 is 29.7 Å². The molecule has 5 nitrogen and oxygen atoms in total. The van der Waals surface area contributed by atoms with E-state index < -0.39 is 0 Å². The summed E-state index contributed by atoms with van der Waals surface area (Å²) in [4.78, 5) is 31.5. The van der Waals surface area contributed by atoms with Gasteiger partial charge in [0, 0.05) is 29.9 Å². The van der Waals surface area contributed by atoms with Crippen molar-refractivity contribution in [3.63, 3.8) is 0 Å². The molecule has 2 amide bonds. The molecule has 0 radical (unpaired) electrons. The molecule has 2 unspecified atom stereocenters. The summed E-state index contributed by atoms with van der Waals surface area (Å²) in [6.07, 6.45) is 7.61. The average Bonchev–Trinajstić information content (AvgIpc) is 2.91. The zero-order chi connectivity index (χ0) is 26.2. The topological polar surface area (TPSA) is 52.7 Å². The Morgan fingerprint density at radius 1 is 1.11 bits per heavy atom. The molecule has 1 aliphatic heterocycles. The third-order valence-corrected chi connectivity index (χ3v) is 8.95. The van der Waals surface area contributed by atoms with Gasteiger partial charge in [0.1, 0.15) is 0 Å². The summed E-state index contributed by atoms with van der Waals surface area (Å²) in [5.74, 6) is 0.0842. The molecule has 1 heterocycles. The number of fused-ring (bicyclic) bond motifs is 1. The van der Waals surface area contributed by atoms with E-state index in [0.29, 0.717) is 29.9 Å². The van der Waals surface area contributed by atoms with Crippen molar-refractivity contribution in [3.05, 3.63) is 75.7 Å². The SMILES string of the molecule is CCN(CC)CCCNC(=O)c1ccc(/C=C2/SC3CCCCC3N(Cc3cccc(C)c3)C2=O)cc1. The van der Waals surface area contributed by atoms with Crippen LogP contribution in [0.15, 0.2) is 53.4 Å². The molecule has 198 valence electrons. The first-order valence-electron chi connectivity index (χ1n) is 13.8. The molecule has 2 aliphatic rings. The predicted octanol–water partition coefficient (Wildman–Crippen LogP) is 5.88. The Morgan fingerprint density at radius 2 is 1.86 bits per heavy atom. The molecule has 6 heteroatoms. The lowest BCUT2D eigenvalue weighted by molar-refractivity contribution is -0.130. The van der Waals surface area contributed by atoms with Crippen LogP contribution in [0.1, 0.15) is 73.0 Å². The molecular formula is C31H41N3O2S. The first-order chi connectivity index (χ1) is 18.0. The fourth-order valence-corrected chi connectivity index (χ4v) is 6.87. The summed E-state index contributed by atoms with van der Waals surface area (Å²) in [5, 5.41) is 3.48. The highest BCUT2D eigenvalue weighted by Gasteiger charge is 2.40. The number of carbonyl (C=O) groups is 2. The number of aryl methyl sites for hydroxylation is 1. The van der Waals surface area contributed by atoms with Crippen molar-refractivity contribution in [1.82, 2.24) is 15.1 Å². The highest BCUT2D eigenvalue weighted by molar-refractivity contribution is 8.04. The Bertz CT molecular complexity index is 1090. The van der Waals surface area contributed by atoms with Gasteiger partial charge in [0.25, 0.3) is 11.8 Å². The number of benzene rings is 2. The normalized spacial score (nSPS) is 20.8. The van der Waals surface area contributed by atoms with Crippen molar-refractivity contribution < 1.29 is 9.59 Å². The van der Waals surface area contributed by atoms with E-state index in [2.05, 4.69) is 60.2 Å². The standard InChI is InChI=1S/C31H41N3O2S/c1-4-33(5-2)19-9-18-32-30(35)26-16-14-24(15-17-26)21-29-31(36)34(22-25-11-8-10-23(3)20-25)27-12-6-7-13-28(27)37-29/h8,10-11,14-17,20-21,27-28H,4-7,9,12-13,18-19,22H2,1-3H3,(H,32,35)/b29-21+. The summed E-state index contributed by atoms with van der Waals surface area (Å²) < 4.78 is 0. The van der Waals surface area contributed by atoms with Gasteiger partial charge < -0.3 is 15.1 Å². The maximum atomic E-state index is 13.7. The van der Waals surface area contributed by atoms with Crippen LogP contribution in [-0.4, -0.2) is 59.1 Å². The molecule has 1 saturated carbocycles. The van der Waals surface area contributed by atoms with Crippen LogP contribution in [0.25, 0.3) is 6.08 Å². The highest BCUT2D eigenvalue weighted by Crippen LogP contribution is 2.42. The van der Waals surface area contributed by atoms with Gasteiger partial charge in [-0.25, -0.2) is 0 Å². The van der Waals surface area contributed by atoms with Crippen molar-refractivity contribution in [3.8, 4) is 0 Å². The van der Waals surface area contributed by atoms with Crippen LogP contribution in [0, 0.1) is 6.92 Å². The molecule has 1 N–H and O–H groups in total. The summed E-state index contributed by atoms with van der Waals surface area (Å²) in [6, 6.07) is 16.4. The van der Waals surface area contributed by atoms with Crippen molar-refractivity contribution in [2.45, 2.75) is 70.7 Å². The Hall–Kier alpha value is -2.57. The lowest BCUT2D eigenvalue weighted by atomic mass is 9.92. The van der Waals surface area contributed by atoms with Crippen LogP contribution >= 0.6 is 11.8 Å². The summed E-state index contributed by atoms with van der Waals surface area (Å²) in [5.41, 5.74) is 4.02. The summed E-state index contributed by atoms with van der Waals surface area (Å²) >= 11 is 1.75. The number of hydrogen-bond donors (Lipinski definition) is 1. The van der Waals surface area contributed by atoms with E-state index >= 15 is 0 Å². The first-order valence-corrected chi connectivity index (χ1v) is 14.7. The monoisotopic (exact) mass is 519 g/mol. The molecule has 0 spiro atoms. The number of nitrogens with zero attached hydrogens (tertiary/aromatic N) is 2. The number of carbonyl (C=O) groups excluding carboxylic acids is 2. The molecule has 4 rings (SSSR count). The van der Waals surface area contributed by atoms with Gasteiger partial charge in [0.05, 0.1) is 4.91 Å². The second-order valence-corrected chi connectivity index (χ2v) is 11.5.